The van der Waals surface area contributed by atoms with Gasteiger partial charge in [-0.25, -0.2) is 0 Å². The lowest BCUT2D eigenvalue weighted by atomic mass is 10.1. The highest BCUT2D eigenvalue weighted by Gasteiger charge is 2.20. The Kier molecular flexibility index (Phi) is 4.78. The van der Waals surface area contributed by atoms with Gasteiger partial charge in [-0.15, -0.1) is 5.10 Å². The maximum absolute atomic E-state index is 12.9. The molecule has 0 unspecified atom stereocenters. The molecule has 4 aromatic rings. The van der Waals surface area contributed by atoms with Crippen molar-refractivity contribution in [3.63, 3.8) is 0 Å². The van der Waals surface area contributed by atoms with E-state index in [1.165, 1.54) is 4.85 Å². The minimum absolute atomic E-state index is 0.164. The number of Topliss-reactive ketones (excluding diaryl/α,β-unsaturated/α-hetero) is 1. The quantitative estimate of drug-likeness (QED) is 0.443. The molecule has 0 saturated carbocycles. The second-order valence-electron chi connectivity index (χ2n) is 7.24. The van der Waals surface area contributed by atoms with Crippen LogP contribution in [0.2, 0.25) is 5.02 Å². The monoisotopic (exact) mass is 438 g/mol. The second kappa shape index (κ2) is 7.63. The fourth-order valence-corrected chi connectivity index (χ4v) is 3.94. The summed E-state index contributed by atoms with van der Waals surface area (Å²) in [6.07, 6.45) is 0. The molecule has 0 N–H and O–H groups in total. The lowest BCUT2D eigenvalue weighted by Gasteiger charge is -2.20. The van der Waals surface area contributed by atoms with Gasteiger partial charge < -0.3 is 18.9 Å². The zero-order chi connectivity index (χ0) is 21.5. The number of carbonyl (C=O) groups is 1. The van der Waals surface area contributed by atoms with E-state index in [0.29, 0.717) is 40.6 Å². The van der Waals surface area contributed by atoms with E-state index in [4.69, 9.17) is 25.9 Å². The van der Waals surface area contributed by atoms with E-state index in [1.807, 2.05) is 42.7 Å². The van der Waals surface area contributed by atoms with E-state index in [9.17, 15) is 4.79 Å². The number of carbonyl (C=O) groups excluding carboxylic acids is 1. The molecular formula is C22H19ClN4O4. The Morgan fingerprint density at radius 2 is 1.90 bits per heavy atom. The number of nitrogens with zero attached hydrogens (tertiary/aromatic N) is 4. The van der Waals surface area contributed by atoms with Crippen LogP contribution >= 0.6 is 11.6 Å². The largest absolute Gasteiger partial charge is 0.486 e. The summed E-state index contributed by atoms with van der Waals surface area (Å²) in [5, 5.41) is 8.49. The van der Waals surface area contributed by atoms with Crippen molar-refractivity contribution in [1.29, 1.82) is 0 Å². The molecule has 31 heavy (non-hydrogen) atoms. The number of halogens is 1. The van der Waals surface area contributed by atoms with Crippen LogP contribution in [0.15, 0.2) is 42.5 Å². The van der Waals surface area contributed by atoms with Crippen molar-refractivity contribution < 1.29 is 19.1 Å². The third kappa shape index (κ3) is 3.48. The van der Waals surface area contributed by atoms with Crippen molar-refractivity contribution in [2.24, 2.45) is 0 Å². The van der Waals surface area contributed by atoms with Crippen molar-refractivity contribution in [3.05, 3.63) is 64.4 Å². The van der Waals surface area contributed by atoms with Gasteiger partial charge in [0.15, 0.2) is 18.1 Å². The number of ketones is 1. The average Bonchev–Trinajstić information content (AvgIpc) is 3.31. The van der Waals surface area contributed by atoms with Crippen LogP contribution in [0.25, 0.3) is 16.7 Å². The molecule has 0 amide bonds. The molecule has 2 aromatic carbocycles. The Labute approximate surface area is 182 Å². The van der Waals surface area contributed by atoms with Gasteiger partial charge in [-0.1, -0.05) is 16.4 Å². The van der Waals surface area contributed by atoms with Gasteiger partial charge in [0.05, 0.1) is 0 Å². The topological polar surface area (TPSA) is 80.4 Å². The van der Waals surface area contributed by atoms with Crippen LogP contribution in [-0.4, -0.2) is 45.3 Å². The first-order chi connectivity index (χ1) is 15.0. The second-order valence-corrected chi connectivity index (χ2v) is 7.68. The number of rotatable bonds is 5. The number of benzene rings is 2. The van der Waals surface area contributed by atoms with Crippen LogP contribution in [0, 0.1) is 13.8 Å². The van der Waals surface area contributed by atoms with Crippen molar-refractivity contribution >= 4 is 28.4 Å². The zero-order valence-corrected chi connectivity index (χ0v) is 17.7. The van der Waals surface area contributed by atoms with E-state index in [1.54, 1.807) is 18.2 Å². The molecule has 1 aliphatic rings. The van der Waals surface area contributed by atoms with Crippen LogP contribution in [0.5, 0.6) is 11.5 Å². The van der Waals surface area contributed by atoms with E-state index in [2.05, 4.69) is 10.3 Å². The summed E-state index contributed by atoms with van der Waals surface area (Å²) in [5.74, 6) is 1.26. The van der Waals surface area contributed by atoms with Crippen LogP contribution in [-0.2, 0) is 0 Å². The van der Waals surface area contributed by atoms with Gasteiger partial charge in [-0.3, -0.25) is 4.79 Å². The third-order valence-corrected chi connectivity index (χ3v) is 5.45. The molecule has 158 valence electrons. The van der Waals surface area contributed by atoms with Gasteiger partial charge >= 0.3 is 0 Å². The molecule has 5 rings (SSSR count). The van der Waals surface area contributed by atoms with Gasteiger partial charge in [-0.2, -0.15) is 0 Å². The standard InChI is InChI=1S/C22H19ClN4O4/c1-13-9-17(14(2)26(13)16-4-6-21-22(11-16)30-8-7-29-21)20(28)12-31-27-19-10-15(23)3-5-18(19)24-25-27/h3-6,9-11H,7-8,12H2,1-2H3. The number of aryl methyl sites for hydroxylation is 1. The highest BCUT2D eigenvalue weighted by Crippen LogP contribution is 2.33. The van der Waals surface area contributed by atoms with Gasteiger partial charge in [0.25, 0.3) is 0 Å². The van der Waals surface area contributed by atoms with Crippen molar-refractivity contribution in [2.75, 3.05) is 19.8 Å². The molecule has 0 saturated heterocycles. The van der Waals surface area contributed by atoms with E-state index in [0.717, 1.165) is 22.8 Å². The van der Waals surface area contributed by atoms with E-state index >= 15 is 0 Å². The van der Waals surface area contributed by atoms with Gasteiger partial charge in [0.1, 0.15) is 24.2 Å². The molecule has 0 bridgehead atoms. The summed E-state index contributed by atoms with van der Waals surface area (Å²) in [4.78, 5) is 19.7. The van der Waals surface area contributed by atoms with Crippen LogP contribution in [0.4, 0.5) is 0 Å². The Morgan fingerprint density at radius 1 is 1.10 bits per heavy atom. The summed E-state index contributed by atoms with van der Waals surface area (Å²) in [5.41, 5.74) is 4.45. The van der Waals surface area contributed by atoms with Crippen LogP contribution in [0.3, 0.4) is 0 Å². The Hall–Kier alpha value is -3.52. The minimum atomic E-state index is -0.184. The lowest BCUT2D eigenvalue weighted by molar-refractivity contribution is 0.0630. The van der Waals surface area contributed by atoms with Crippen molar-refractivity contribution in [2.45, 2.75) is 13.8 Å². The summed E-state index contributed by atoms with van der Waals surface area (Å²) in [6, 6.07) is 12.8. The minimum Gasteiger partial charge on any atom is -0.486 e. The van der Waals surface area contributed by atoms with Gasteiger partial charge in [0, 0.05) is 33.7 Å². The summed E-state index contributed by atoms with van der Waals surface area (Å²) in [7, 11) is 0. The normalized spacial score (nSPS) is 12.9. The van der Waals surface area contributed by atoms with Gasteiger partial charge in [0.2, 0.25) is 5.78 Å². The molecule has 1 aliphatic heterocycles. The maximum atomic E-state index is 12.9. The molecule has 0 atom stereocenters. The van der Waals surface area contributed by atoms with Crippen LogP contribution in [0.1, 0.15) is 21.7 Å². The molecule has 3 heterocycles. The Morgan fingerprint density at radius 3 is 2.74 bits per heavy atom. The fraction of sp³-hybridized carbons (Fsp3) is 0.227. The Balaban J connectivity index is 1.39. The van der Waals surface area contributed by atoms with E-state index in [-0.39, 0.29) is 12.4 Å². The summed E-state index contributed by atoms with van der Waals surface area (Å²) < 4.78 is 13.3. The van der Waals surface area contributed by atoms with E-state index < -0.39 is 0 Å². The zero-order valence-electron chi connectivity index (χ0n) is 17.0. The first-order valence-electron chi connectivity index (χ1n) is 9.77. The predicted octanol–water partition coefficient (Wildman–Crippen LogP) is 3.57. The smallest absolute Gasteiger partial charge is 0.204 e. The SMILES string of the molecule is Cc1cc(C(=O)COn2nnc3ccc(Cl)cc32)c(C)n1-c1ccc2c(c1)OCCO2. The van der Waals surface area contributed by atoms with Crippen molar-refractivity contribution in [1.82, 2.24) is 19.7 Å². The third-order valence-electron chi connectivity index (χ3n) is 5.21. The average molecular weight is 439 g/mol. The first kappa shape index (κ1) is 19.4. The highest BCUT2D eigenvalue weighted by molar-refractivity contribution is 6.31. The number of fused-ring (bicyclic) bond motifs is 2. The number of hydrogen-bond donors (Lipinski definition) is 0. The number of ether oxygens (including phenoxy) is 2. The van der Waals surface area contributed by atoms with Crippen molar-refractivity contribution in [3.8, 4) is 17.2 Å². The molecule has 0 fully saturated rings. The van der Waals surface area contributed by atoms with Crippen LogP contribution < -0.4 is 14.3 Å². The molecule has 0 spiro atoms. The number of hydrogen-bond acceptors (Lipinski definition) is 6. The highest BCUT2D eigenvalue weighted by atomic mass is 35.5. The molecular weight excluding hydrogens is 420 g/mol. The Bertz CT molecular complexity index is 1310. The fourth-order valence-electron chi connectivity index (χ4n) is 3.78. The predicted molar refractivity (Wildman–Crippen MR) is 115 cm³/mol. The first-order valence-corrected chi connectivity index (χ1v) is 10.2. The lowest BCUT2D eigenvalue weighted by Crippen LogP contribution is -2.21. The summed E-state index contributed by atoms with van der Waals surface area (Å²) in [6.45, 7) is 4.73. The molecule has 0 radical (unpaired) electrons. The maximum Gasteiger partial charge on any atom is 0.204 e. The molecule has 8 nitrogen and oxygen atoms in total. The van der Waals surface area contributed by atoms with Gasteiger partial charge in [-0.05, 0) is 55.5 Å². The molecule has 0 aliphatic carbocycles. The molecule has 2 aromatic heterocycles. The number of aromatic nitrogens is 4. The molecule has 9 heteroatoms. The summed E-state index contributed by atoms with van der Waals surface area (Å²) >= 11 is 6.04.